The Morgan fingerprint density at radius 3 is 2.58 bits per heavy atom. The van der Waals surface area contributed by atoms with Crippen LogP contribution >= 0.6 is 0 Å². The van der Waals surface area contributed by atoms with Gasteiger partial charge in [0.05, 0.1) is 0 Å². The molecule has 0 aromatic heterocycles. The molecule has 19 heavy (non-hydrogen) atoms. The van der Waals surface area contributed by atoms with Crippen LogP contribution in [0, 0.1) is 0 Å². The van der Waals surface area contributed by atoms with Gasteiger partial charge in [-0.3, -0.25) is 0 Å². The highest BCUT2D eigenvalue weighted by molar-refractivity contribution is 4.85. The summed E-state index contributed by atoms with van der Waals surface area (Å²) in [6.07, 6.45) is 8.05. The van der Waals surface area contributed by atoms with Crippen LogP contribution in [0.3, 0.4) is 0 Å². The van der Waals surface area contributed by atoms with Gasteiger partial charge < -0.3 is 15.1 Å². The lowest BCUT2D eigenvalue weighted by molar-refractivity contribution is 0.160. The van der Waals surface area contributed by atoms with E-state index in [4.69, 9.17) is 0 Å². The van der Waals surface area contributed by atoms with E-state index in [1.807, 2.05) is 0 Å². The molecule has 112 valence electrons. The van der Waals surface area contributed by atoms with Gasteiger partial charge in [0.1, 0.15) is 0 Å². The standard InChI is InChI=1S/C16H33N3/c1-4-9-19-10-5-6-15(8-12-19)17-16-7-11-18(3)14(2)13-16/h14-17H,4-13H2,1-3H3. The zero-order valence-electron chi connectivity index (χ0n) is 13.2. The summed E-state index contributed by atoms with van der Waals surface area (Å²) in [5.41, 5.74) is 0. The van der Waals surface area contributed by atoms with Gasteiger partial charge in [-0.25, -0.2) is 0 Å². The summed E-state index contributed by atoms with van der Waals surface area (Å²) in [6, 6.07) is 2.27. The van der Waals surface area contributed by atoms with Gasteiger partial charge >= 0.3 is 0 Å². The van der Waals surface area contributed by atoms with Crippen LogP contribution in [0.5, 0.6) is 0 Å². The molecule has 2 fully saturated rings. The van der Waals surface area contributed by atoms with Gasteiger partial charge in [0, 0.05) is 18.1 Å². The highest BCUT2D eigenvalue weighted by Gasteiger charge is 2.25. The first kappa shape index (κ1) is 15.3. The Labute approximate surface area is 119 Å². The van der Waals surface area contributed by atoms with Crippen LogP contribution in [0.2, 0.25) is 0 Å². The van der Waals surface area contributed by atoms with Crippen LogP contribution in [0.25, 0.3) is 0 Å². The molecule has 0 radical (unpaired) electrons. The van der Waals surface area contributed by atoms with E-state index in [2.05, 4.69) is 36.0 Å². The molecule has 3 unspecified atom stereocenters. The van der Waals surface area contributed by atoms with Crippen molar-refractivity contribution in [2.45, 2.75) is 70.5 Å². The zero-order valence-corrected chi connectivity index (χ0v) is 13.2. The zero-order chi connectivity index (χ0) is 13.7. The third kappa shape index (κ3) is 4.73. The van der Waals surface area contributed by atoms with Gasteiger partial charge in [-0.1, -0.05) is 6.92 Å². The molecule has 2 aliphatic rings. The van der Waals surface area contributed by atoms with Crippen LogP contribution in [0.15, 0.2) is 0 Å². The number of rotatable bonds is 4. The summed E-state index contributed by atoms with van der Waals surface area (Å²) in [7, 11) is 2.26. The fraction of sp³-hybridized carbons (Fsp3) is 1.00. The lowest BCUT2D eigenvalue weighted by Gasteiger charge is -2.37. The van der Waals surface area contributed by atoms with Crippen molar-refractivity contribution in [1.29, 1.82) is 0 Å². The largest absolute Gasteiger partial charge is 0.311 e. The molecule has 0 saturated carbocycles. The first-order chi connectivity index (χ1) is 9.19. The van der Waals surface area contributed by atoms with E-state index in [0.29, 0.717) is 0 Å². The first-order valence-corrected chi connectivity index (χ1v) is 8.37. The summed E-state index contributed by atoms with van der Waals surface area (Å²) in [5, 5.41) is 3.96. The molecule has 2 saturated heterocycles. The third-order valence-electron chi connectivity index (χ3n) is 5.04. The van der Waals surface area contributed by atoms with Crippen LogP contribution in [-0.4, -0.2) is 61.2 Å². The minimum absolute atomic E-state index is 0.744. The highest BCUT2D eigenvalue weighted by atomic mass is 15.2. The quantitative estimate of drug-likeness (QED) is 0.843. The third-order valence-corrected chi connectivity index (χ3v) is 5.04. The molecule has 2 aliphatic heterocycles. The van der Waals surface area contributed by atoms with Crippen molar-refractivity contribution in [1.82, 2.24) is 15.1 Å². The second-order valence-electron chi connectivity index (χ2n) is 6.69. The van der Waals surface area contributed by atoms with Crippen molar-refractivity contribution in [3.05, 3.63) is 0 Å². The smallest absolute Gasteiger partial charge is 0.00966 e. The van der Waals surface area contributed by atoms with Crippen molar-refractivity contribution in [2.75, 3.05) is 33.2 Å². The van der Waals surface area contributed by atoms with E-state index in [9.17, 15) is 0 Å². The maximum Gasteiger partial charge on any atom is 0.00966 e. The topological polar surface area (TPSA) is 18.5 Å². The SMILES string of the molecule is CCCN1CCCC(NC2CCN(C)C(C)C2)CC1. The lowest BCUT2D eigenvalue weighted by Crippen LogP contribution is -2.48. The maximum atomic E-state index is 3.96. The molecule has 2 rings (SSSR count). The number of piperidine rings is 1. The van der Waals surface area contributed by atoms with Crippen molar-refractivity contribution in [2.24, 2.45) is 0 Å². The molecule has 1 N–H and O–H groups in total. The second kappa shape index (κ2) is 7.61. The monoisotopic (exact) mass is 267 g/mol. The normalized spacial score (nSPS) is 35.2. The highest BCUT2D eigenvalue weighted by Crippen LogP contribution is 2.18. The number of hydrogen-bond donors (Lipinski definition) is 1. The number of nitrogens with zero attached hydrogens (tertiary/aromatic N) is 2. The predicted octanol–water partition coefficient (Wildman–Crippen LogP) is 2.32. The average Bonchev–Trinajstić information content (AvgIpc) is 2.60. The maximum absolute atomic E-state index is 3.96. The van der Waals surface area contributed by atoms with Crippen LogP contribution < -0.4 is 5.32 Å². The molecule has 3 atom stereocenters. The summed E-state index contributed by atoms with van der Waals surface area (Å²) >= 11 is 0. The van der Waals surface area contributed by atoms with Gasteiger partial charge in [-0.2, -0.15) is 0 Å². The van der Waals surface area contributed by atoms with Crippen LogP contribution in [0.1, 0.15) is 52.4 Å². The minimum atomic E-state index is 0.744. The molecule has 0 bridgehead atoms. The second-order valence-corrected chi connectivity index (χ2v) is 6.69. The fourth-order valence-electron chi connectivity index (χ4n) is 3.64. The van der Waals surface area contributed by atoms with Gasteiger partial charge in [0.25, 0.3) is 0 Å². The molecule has 0 aliphatic carbocycles. The molecule has 2 heterocycles. The minimum Gasteiger partial charge on any atom is -0.311 e. The molecule has 3 heteroatoms. The molecule has 3 nitrogen and oxygen atoms in total. The Morgan fingerprint density at radius 1 is 1.05 bits per heavy atom. The molecular weight excluding hydrogens is 234 g/mol. The van der Waals surface area contributed by atoms with Crippen molar-refractivity contribution in [3.63, 3.8) is 0 Å². The van der Waals surface area contributed by atoms with E-state index in [-0.39, 0.29) is 0 Å². The molecule has 0 aromatic rings. The van der Waals surface area contributed by atoms with Gasteiger partial charge in [-0.05, 0) is 78.7 Å². The summed E-state index contributed by atoms with van der Waals surface area (Å²) < 4.78 is 0. The van der Waals surface area contributed by atoms with E-state index in [1.54, 1.807) is 0 Å². The molecule has 0 spiro atoms. The van der Waals surface area contributed by atoms with E-state index < -0.39 is 0 Å². The molecule has 0 amide bonds. The van der Waals surface area contributed by atoms with Crippen molar-refractivity contribution in [3.8, 4) is 0 Å². The first-order valence-electron chi connectivity index (χ1n) is 8.37. The van der Waals surface area contributed by atoms with Gasteiger partial charge in [0.2, 0.25) is 0 Å². The van der Waals surface area contributed by atoms with Gasteiger partial charge in [-0.15, -0.1) is 0 Å². The van der Waals surface area contributed by atoms with E-state index in [0.717, 1.165) is 18.1 Å². The number of nitrogens with one attached hydrogen (secondary N) is 1. The van der Waals surface area contributed by atoms with Crippen LogP contribution in [0.4, 0.5) is 0 Å². The number of likely N-dealkylation sites (tertiary alicyclic amines) is 2. The Balaban J connectivity index is 1.74. The summed E-state index contributed by atoms with van der Waals surface area (Å²) in [6.45, 7) is 9.82. The van der Waals surface area contributed by atoms with Crippen molar-refractivity contribution >= 4 is 0 Å². The lowest BCUT2D eigenvalue weighted by atomic mass is 9.97. The summed E-state index contributed by atoms with van der Waals surface area (Å²) in [5.74, 6) is 0. The predicted molar refractivity (Wildman–Crippen MR) is 82.6 cm³/mol. The number of hydrogen-bond acceptors (Lipinski definition) is 3. The molecular formula is C16H33N3. The van der Waals surface area contributed by atoms with Crippen LogP contribution in [-0.2, 0) is 0 Å². The fourth-order valence-corrected chi connectivity index (χ4v) is 3.64. The Hall–Kier alpha value is -0.120. The average molecular weight is 267 g/mol. The Kier molecular flexibility index (Phi) is 6.11. The van der Waals surface area contributed by atoms with Gasteiger partial charge in [0.15, 0.2) is 0 Å². The summed E-state index contributed by atoms with van der Waals surface area (Å²) in [4.78, 5) is 5.15. The molecule has 0 aromatic carbocycles. The Bertz CT molecular complexity index is 256. The van der Waals surface area contributed by atoms with E-state index >= 15 is 0 Å². The Morgan fingerprint density at radius 2 is 1.84 bits per heavy atom. The van der Waals surface area contributed by atoms with E-state index in [1.165, 1.54) is 64.7 Å². The van der Waals surface area contributed by atoms with Crippen molar-refractivity contribution < 1.29 is 0 Å².